The highest BCUT2D eigenvalue weighted by Gasteiger charge is 2.27. The Bertz CT molecular complexity index is 655. The molecule has 1 unspecified atom stereocenters. The van der Waals surface area contributed by atoms with Gasteiger partial charge in [-0.15, -0.1) is 0 Å². The molecule has 3 rings (SSSR count). The third-order valence-electron chi connectivity index (χ3n) is 3.40. The maximum absolute atomic E-state index is 11.6. The molecule has 1 aromatic heterocycles. The second-order valence-corrected chi connectivity index (χ2v) is 4.48. The van der Waals surface area contributed by atoms with Crippen molar-refractivity contribution in [1.29, 1.82) is 0 Å². The molecule has 4 heteroatoms. The zero-order chi connectivity index (χ0) is 12.7. The van der Waals surface area contributed by atoms with Crippen LogP contribution in [0.25, 0.3) is 10.9 Å². The highest BCUT2D eigenvalue weighted by Crippen LogP contribution is 2.28. The number of fused-ring (bicyclic) bond motifs is 3. The lowest BCUT2D eigenvalue weighted by Gasteiger charge is -2.17. The van der Waals surface area contributed by atoms with E-state index in [1.807, 2.05) is 25.1 Å². The van der Waals surface area contributed by atoms with Crippen LogP contribution in [0.4, 0.5) is 0 Å². The van der Waals surface area contributed by atoms with Crippen LogP contribution in [0.1, 0.15) is 18.2 Å². The van der Waals surface area contributed by atoms with Crippen LogP contribution in [-0.2, 0) is 16.0 Å². The molecule has 0 saturated carbocycles. The van der Waals surface area contributed by atoms with E-state index in [1.165, 1.54) is 7.11 Å². The van der Waals surface area contributed by atoms with Gasteiger partial charge in [-0.3, -0.25) is 4.99 Å². The monoisotopic (exact) mass is 242 g/mol. The molecule has 0 aliphatic carbocycles. The second-order valence-electron chi connectivity index (χ2n) is 4.48. The summed E-state index contributed by atoms with van der Waals surface area (Å²) in [5.41, 5.74) is 4.15. The molecule has 2 aromatic rings. The Labute approximate surface area is 105 Å². The summed E-state index contributed by atoms with van der Waals surface area (Å²) in [4.78, 5) is 19.4. The molecular weight excluding hydrogens is 228 g/mol. The number of para-hydroxylation sites is 1. The van der Waals surface area contributed by atoms with Gasteiger partial charge in [0, 0.05) is 17.3 Å². The van der Waals surface area contributed by atoms with E-state index in [0.29, 0.717) is 6.42 Å². The average molecular weight is 242 g/mol. The Morgan fingerprint density at radius 1 is 1.44 bits per heavy atom. The number of hydrogen-bond donors (Lipinski definition) is 1. The lowest BCUT2D eigenvalue weighted by Crippen LogP contribution is -2.28. The van der Waals surface area contributed by atoms with Crippen LogP contribution < -0.4 is 0 Å². The van der Waals surface area contributed by atoms with E-state index < -0.39 is 6.04 Å². The molecule has 4 nitrogen and oxygen atoms in total. The summed E-state index contributed by atoms with van der Waals surface area (Å²) in [6.07, 6.45) is 0.601. The summed E-state index contributed by atoms with van der Waals surface area (Å²) in [6, 6.07) is 7.69. The highest BCUT2D eigenvalue weighted by atomic mass is 16.5. The molecule has 2 heterocycles. The number of hydrogen-bond acceptors (Lipinski definition) is 3. The van der Waals surface area contributed by atoms with Gasteiger partial charge >= 0.3 is 5.97 Å². The number of ether oxygens (including phenoxy) is 1. The largest absolute Gasteiger partial charge is 0.467 e. The number of benzene rings is 1. The average Bonchev–Trinajstić information content (AvgIpc) is 2.77. The van der Waals surface area contributed by atoms with Crippen molar-refractivity contribution < 1.29 is 9.53 Å². The normalized spacial score (nSPS) is 18.3. The van der Waals surface area contributed by atoms with E-state index in [9.17, 15) is 4.79 Å². The topological polar surface area (TPSA) is 54.5 Å². The van der Waals surface area contributed by atoms with E-state index in [-0.39, 0.29) is 5.97 Å². The summed E-state index contributed by atoms with van der Waals surface area (Å²) in [5.74, 6) is -0.273. The number of nitrogens with one attached hydrogen (secondary N) is 1. The van der Waals surface area contributed by atoms with Crippen molar-refractivity contribution in [1.82, 2.24) is 4.98 Å². The molecule has 0 fully saturated rings. The molecule has 92 valence electrons. The maximum Gasteiger partial charge on any atom is 0.330 e. The number of carbonyl (C=O) groups is 1. The smallest absolute Gasteiger partial charge is 0.330 e. The van der Waals surface area contributed by atoms with Crippen LogP contribution in [0.5, 0.6) is 0 Å². The minimum absolute atomic E-state index is 0.273. The summed E-state index contributed by atoms with van der Waals surface area (Å²) in [7, 11) is 1.40. The van der Waals surface area contributed by atoms with Gasteiger partial charge < -0.3 is 9.72 Å². The van der Waals surface area contributed by atoms with E-state index >= 15 is 0 Å². The molecule has 0 radical (unpaired) electrons. The third kappa shape index (κ3) is 1.53. The summed E-state index contributed by atoms with van der Waals surface area (Å²) in [6.45, 7) is 1.92. The van der Waals surface area contributed by atoms with Crippen molar-refractivity contribution in [2.75, 3.05) is 7.11 Å². The number of methoxy groups -OCH3 is 1. The Balaban J connectivity index is 2.15. The van der Waals surface area contributed by atoms with Crippen molar-refractivity contribution in [3.63, 3.8) is 0 Å². The predicted molar refractivity (Wildman–Crippen MR) is 70.0 cm³/mol. The Morgan fingerprint density at radius 3 is 3.00 bits per heavy atom. The second kappa shape index (κ2) is 3.98. The first-order chi connectivity index (χ1) is 8.70. The number of esters is 1. The number of aliphatic imine (C=N–C) groups is 1. The molecule has 1 N–H and O–H groups in total. The van der Waals surface area contributed by atoms with Crippen LogP contribution in [0, 0.1) is 0 Å². The van der Waals surface area contributed by atoms with Crippen molar-refractivity contribution >= 4 is 22.6 Å². The van der Waals surface area contributed by atoms with Crippen LogP contribution in [-0.4, -0.2) is 29.8 Å². The summed E-state index contributed by atoms with van der Waals surface area (Å²) < 4.78 is 4.79. The molecule has 0 saturated heterocycles. The van der Waals surface area contributed by atoms with E-state index in [0.717, 1.165) is 27.9 Å². The summed E-state index contributed by atoms with van der Waals surface area (Å²) in [5, 5.41) is 1.16. The number of aromatic amines is 1. The number of carbonyl (C=O) groups excluding carboxylic acids is 1. The molecule has 1 aromatic carbocycles. The molecule has 1 aliphatic rings. The van der Waals surface area contributed by atoms with Gasteiger partial charge in [-0.2, -0.15) is 0 Å². The molecule has 0 bridgehead atoms. The first kappa shape index (κ1) is 11.0. The fraction of sp³-hybridized carbons (Fsp3) is 0.286. The number of rotatable bonds is 1. The molecule has 0 amide bonds. The zero-order valence-corrected chi connectivity index (χ0v) is 10.4. The van der Waals surface area contributed by atoms with Crippen LogP contribution in [0.3, 0.4) is 0 Å². The number of H-pyrrole nitrogens is 1. The van der Waals surface area contributed by atoms with Crippen molar-refractivity contribution in [3.05, 3.63) is 35.5 Å². The van der Waals surface area contributed by atoms with Gasteiger partial charge in [0.25, 0.3) is 0 Å². The van der Waals surface area contributed by atoms with Gasteiger partial charge in [-0.1, -0.05) is 18.2 Å². The minimum atomic E-state index is -0.415. The fourth-order valence-corrected chi connectivity index (χ4v) is 2.53. The molecule has 1 aliphatic heterocycles. The van der Waals surface area contributed by atoms with Gasteiger partial charge in [0.15, 0.2) is 6.04 Å². The number of nitrogens with zero attached hydrogens (tertiary/aromatic N) is 1. The first-order valence-corrected chi connectivity index (χ1v) is 5.93. The predicted octanol–water partition coefficient (Wildman–Crippen LogP) is 2.07. The Kier molecular flexibility index (Phi) is 2.44. The molecule has 1 atom stereocenters. The van der Waals surface area contributed by atoms with Crippen LogP contribution in [0.15, 0.2) is 29.3 Å². The van der Waals surface area contributed by atoms with Gasteiger partial charge in [0.1, 0.15) is 0 Å². The van der Waals surface area contributed by atoms with E-state index in [4.69, 9.17) is 4.74 Å². The first-order valence-electron chi connectivity index (χ1n) is 5.93. The van der Waals surface area contributed by atoms with Gasteiger partial charge in [-0.25, -0.2) is 4.79 Å². The van der Waals surface area contributed by atoms with E-state index in [1.54, 1.807) is 0 Å². The molecular formula is C14H14N2O2. The van der Waals surface area contributed by atoms with Crippen molar-refractivity contribution in [2.24, 2.45) is 4.99 Å². The van der Waals surface area contributed by atoms with Crippen LogP contribution >= 0.6 is 0 Å². The van der Waals surface area contributed by atoms with Gasteiger partial charge in [0.2, 0.25) is 0 Å². The van der Waals surface area contributed by atoms with Gasteiger partial charge in [-0.05, 0) is 18.6 Å². The molecule has 18 heavy (non-hydrogen) atoms. The summed E-state index contributed by atoms with van der Waals surface area (Å²) >= 11 is 0. The fourth-order valence-electron chi connectivity index (χ4n) is 2.53. The Hall–Kier alpha value is -2.10. The Morgan fingerprint density at radius 2 is 2.22 bits per heavy atom. The van der Waals surface area contributed by atoms with Gasteiger partial charge in [0.05, 0.1) is 18.5 Å². The lowest BCUT2D eigenvalue weighted by molar-refractivity contribution is -0.142. The standard InChI is InChI=1S/C14H14N2O2/c1-8-13-10(7-12(15-8)14(17)18-2)9-5-3-4-6-11(9)16-13/h3-6,12,16H,7H2,1-2H3. The lowest BCUT2D eigenvalue weighted by atomic mass is 9.98. The maximum atomic E-state index is 11.6. The van der Waals surface area contributed by atoms with Crippen molar-refractivity contribution in [3.8, 4) is 0 Å². The quantitative estimate of drug-likeness (QED) is 0.778. The van der Waals surface area contributed by atoms with Crippen LogP contribution in [0.2, 0.25) is 0 Å². The third-order valence-corrected chi connectivity index (χ3v) is 3.40. The minimum Gasteiger partial charge on any atom is -0.467 e. The van der Waals surface area contributed by atoms with E-state index in [2.05, 4.69) is 16.0 Å². The zero-order valence-electron chi connectivity index (χ0n) is 10.4. The SMILES string of the molecule is COC(=O)C1Cc2c([nH]c3ccccc23)C(C)=N1. The molecule has 0 spiro atoms. The number of aromatic nitrogens is 1. The highest BCUT2D eigenvalue weighted by molar-refractivity contribution is 6.06. The van der Waals surface area contributed by atoms with Crippen molar-refractivity contribution in [2.45, 2.75) is 19.4 Å².